The molecule has 0 rings (SSSR count). The molecule has 170 valence electrons. The van der Waals surface area contributed by atoms with Gasteiger partial charge in [0.15, 0.2) is 0 Å². The van der Waals surface area contributed by atoms with E-state index in [0.29, 0.717) is 38.9 Å². The Morgan fingerprint density at radius 1 is 0.966 bits per heavy atom. The van der Waals surface area contributed by atoms with E-state index in [1.54, 1.807) is 6.92 Å². The van der Waals surface area contributed by atoms with Crippen molar-refractivity contribution in [3.05, 3.63) is 25.3 Å². The third-order valence-corrected chi connectivity index (χ3v) is 5.60. The van der Waals surface area contributed by atoms with Crippen LogP contribution >= 0.6 is 0 Å². The highest BCUT2D eigenvalue weighted by molar-refractivity contribution is 5.67. The third-order valence-electron chi connectivity index (χ3n) is 5.60. The number of allylic oxidation sites excluding steroid dienone is 2. The number of carboxylic acid groups (broad SMARTS) is 1. The summed E-state index contributed by atoms with van der Waals surface area (Å²) in [6.45, 7) is 10.3. The molecule has 0 saturated heterocycles. The van der Waals surface area contributed by atoms with Gasteiger partial charge in [0, 0.05) is 5.92 Å². The molecule has 0 spiro atoms. The summed E-state index contributed by atoms with van der Waals surface area (Å²) in [4.78, 5) is 11.5. The fourth-order valence-electron chi connectivity index (χ4n) is 3.96. The van der Waals surface area contributed by atoms with Gasteiger partial charge in [0.05, 0.1) is 19.1 Å². The van der Waals surface area contributed by atoms with E-state index >= 15 is 0 Å². The number of aliphatic hydroxyl groups excluding tert-OH is 3. The number of unbranched alkanes of at least 4 members (excludes halogenated alkanes) is 4. The Kier molecular flexibility index (Phi) is 15.9. The van der Waals surface area contributed by atoms with Crippen molar-refractivity contribution in [2.75, 3.05) is 32.8 Å². The first-order valence-electron chi connectivity index (χ1n) is 11.1. The lowest BCUT2D eigenvalue weighted by Crippen LogP contribution is -2.60. The largest absolute Gasteiger partial charge is 0.550 e. The van der Waals surface area contributed by atoms with Gasteiger partial charge in [0.25, 0.3) is 0 Å². The van der Waals surface area contributed by atoms with Crippen LogP contribution < -0.4 is 5.11 Å². The van der Waals surface area contributed by atoms with Gasteiger partial charge in [-0.1, -0.05) is 31.9 Å². The first-order chi connectivity index (χ1) is 13.8. The van der Waals surface area contributed by atoms with Crippen LogP contribution in [0.25, 0.3) is 0 Å². The number of hydrogen-bond donors (Lipinski definition) is 3. The fourth-order valence-corrected chi connectivity index (χ4v) is 3.96. The smallest absolute Gasteiger partial charge is 0.105 e. The molecule has 3 unspecified atom stereocenters. The second-order valence-electron chi connectivity index (χ2n) is 8.21. The molecule has 0 radical (unpaired) electrons. The van der Waals surface area contributed by atoms with Crippen LogP contribution in [0.4, 0.5) is 0 Å². The van der Waals surface area contributed by atoms with Crippen LogP contribution in [0.5, 0.6) is 0 Å². The molecule has 0 aromatic heterocycles. The van der Waals surface area contributed by atoms with E-state index in [0.717, 1.165) is 38.5 Å². The van der Waals surface area contributed by atoms with E-state index in [1.165, 1.54) is 0 Å². The average molecular weight is 414 g/mol. The Morgan fingerprint density at radius 3 is 1.79 bits per heavy atom. The van der Waals surface area contributed by atoms with Crippen LogP contribution in [0.3, 0.4) is 0 Å². The van der Waals surface area contributed by atoms with E-state index in [2.05, 4.69) is 13.2 Å². The fraction of sp³-hybridized carbons (Fsp3) is 0.783. The molecule has 6 nitrogen and oxygen atoms in total. The molecule has 0 fully saturated rings. The lowest BCUT2D eigenvalue weighted by molar-refractivity contribution is -0.936. The maximum Gasteiger partial charge on any atom is 0.105 e. The Labute approximate surface area is 177 Å². The minimum absolute atomic E-state index is 0.129. The van der Waals surface area contributed by atoms with Gasteiger partial charge >= 0.3 is 0 Å². The number of quaternary nitrogens is 1. The van der Waals surface area contributed by atoms with Gasteiger partial charge in [-0.05, 0) is 44.9 Å². The molecule has 0 heterocycles. The first kappa shape index (κ1) is 27.8. The summed E-state index contributed by atoms with van der Waals surface area (Å²) in [6, 6.07) is 0. The van der Waals surface area contributed by atoms with Crippen molar-refractivity contribution in [2.24, 2.45) is 5.92 Å². The summed E-state index contributed by atoms with van der Waals surface area (Å²) in [6.07, 6.45) is 9.52. The Hall–Kier alpha value is -1.21. The number of rotatable bonds is 20. The zero-order chi connectivity index (χ0) is 22.1. The van der Waals surface area contributed by atoms with Gasteiger partial charge in [-0.2, -0.15) is 0 Å². The quantitative estimate of drug-likeness (QED) is 0.160. The zero-order valence-corrected chi connectivity index (χ0v) is 18.3. The van der Waals surface area contributed by atoms with Crippen LogP contribution in [0.2, 0.25) is 0 Å². The van der Waals surface area contributed by atoms with Crippen molar-refractivity contribution in [3.63, 3.8) is 0 Å². The Bertz CT molecular complexity index is 431. The minimum atomic E-state index is -1.12. The van der Waals surface area contributed by atoms with E-state index in [9.17, 15) is 25.2 Å². The second-order valence-corrected chi connectivity index (χ2v) is 8.21. The summed E-state index contributed by atoms with van der Waals surface area (Å²) < 4.78 is 0.189. The minimum Gasteiger partial charge on any atom is -0.550 e. The van der Waals surface area contributed by atoms with Crippen molar-refractivity contribution >= 4 is 5.97 Å². The summed E-state index contributed by atoms with van der Waals surface area (Å²) in [5.41, 5.74) is 0. The molecule has 29 heavy (non-hydrogen) atoms. The standard InChI is InChI=1S/C23H43NO5/c1-4-7-9-11-13-21(26)18-24(15-16-25,17-20(6-3)23(28)29)19-22(27)14-12-10-8-5-2/h4-5,20-22,25-27H,1-2,6-19H2,3H3. The van der Waals surface area contributed by atoms with E-state index in [1.807, 2.05) is 12.2 Å². The molecular weight excluding hydrogens is 370 g/mol. The van der Waals surface area contributed by atoms with Gasteiger partial charge in [0.1, 0.15) is 31.8 Å². The molecule has 6 heteroatoms. The molecule has 0 aromatic rings. The highest BCUT2D eigenvalue weighted by Crippen LogP contribution is 2.20. The third kappa shape index (κ3) is 12.9. The van der Waals surface area contributed by atoms with Gasteiger partial charge in [-0.15, -0.1) is 13.2 Å². The first-order valence-corrected chi connectivity index (χ1v) is 11.1. The van der Waals surface area contributed by atoms with E-state index < -0.39 is 24.1 Å². The lowest BCUT2D eigenvalue weighted by atomic mass is 10.0. The number of hydrogen-bond acceptors (Lipinski definition) is 5. The summed E-state index contributed by atoms with van der Waals surface area (Å²) in [5.74, 6) is -1.80. The maximum absolute atomic E-state index is 11.5. The molecule has 0 bridgehead atoms. The molecule has 0 amide bonds. The van der Waals surface area contributed by atoms with Crippen LogP contribution in [-0.4, -0.2) is 70.8 Å². The summed E-state index contributed by atoms with van der Waals surface area (Å²) >= 11 is 0. The van der Waals surface area contributed by atoms with Crippen molar-refractivity contribution in [1.82, 2.24) is 0 Å². The molecule has 0 saturated carbocycles. The maximum atomic E-state index is 11.5. The Morgan fingerprint density at radius 2 is 1.45 bits per heavy atom. The van der Waals surface area contributed by atoms with E-state index in [-0.39, 0.29) is 17.6 Å². The van der Waals surface area contributed by atoms with Crippen LogP contribution in [0.1, 0.15) is 64.7 Å². The molecule has 0 aromatic carbocycles. The van der Waals surface area contributed by atoms with Crippen LogP contribution in [0, 0.1) is 5.92 Å². The highest BCUT2D eigenvalue weighted by atomic mass is 16.4. The second kappa shape index (κ2) is 16.6. The molecule has 0 aliphatic rings. The monoisotopic (exact) mass is 413 g/mol. The zero-order valence-electron chi connectivity index (χ0n) is 18.3. The normalized spacial score (nSPS) is 16.6. The van der Waals surface area contributed by atoms with Crippen molar-refractivity contribution in [3.8, 4) is 0 Å². The predicted octanol–water partition coefficient (Wildman–Crippen LogP) is 1.79. The molecular formula is C23H43NO5. The number of carbonyl (C=O) groups is 1. The van der Waals surface area contributed by atoms with Crippen LogP contribution in [-0.2, 0) is 4.79 Å². The van der Waals surface area contributed by atoms with Crippen molar-refractivity contribution in [2.45, 2.75) is 76.9 Å². The average Bonchev–Trinajstić information content (AvgIpc) is 2.66. The number of nitrogens with zero attached hydrogens (tertiary/aromatic N) is 1. The van der Waals surface area contributed by atoms with Gasteiger partial charge in [0.2, 0.25) is 0 Å². The number of carbonyl (C=O) groups excluding carboxylic acids is 1. The van der Waals surface area contributed by atoms with E-state index in [4.69, 9.17) is 0 Å². The topological polar surface area (TPSA) is 101 Å². The number of aliphatic hydroxyl groups is 3. The number of carboxylic acids is 1. The molecule has 0 aliphatic carbocycles. The highest BCUT2D eigenvalue weighted by Gasteiger charge is 2.35. The summed E-state index contributed by atoms with van der Waals surface area (Å²) in [7, 11) is 0. The molecule has 3 N–H and O–H groups in total. The summed E-state index contributed by atoms with van der Waals surface area (Å²) in [5, 5.41) is 42.5. The molecule has 0 aliphatic heterocycles. The van der Waals surface area contributed by atoms with Gasteiger partial charge in [-0.25, -0.2) is 0 Å². The van der Waals surface area contributed by atoms with Gasteiger partial charge in [-0.3, -0.25) is 0 Å². The Balaban J connectivity index is 5.22. The molecule has 3 atom stereocenters. The SMILES string of the molecule is C=CCCCCC(O)C[N+](CCO)(CC(O)CCCCC=C)CC(CC)C(=O)[O-]. The number of aliphatic carboxylic acids is 1. The van der Waals surface area contributed by atoms with Crippen molar-refractivity contribution < 1.29 is 29.7 Å². The lowest BCUT2D eigenvalue weighted by Gasteiger charge is -2.43. The van der Waals surface area contributed by atoms with Crippen molar-refractivity contribution in [1.29, 1.82) is 0 Å². The van der Waals surface area contributed by atoms with Crippen LogP contribution in [0.15, 0.2) is 25.3 Å². The van der Waals surface area contributed by atoms with Gasteiger partial charge < -0.3 is 29.7 Å². The predicted molar refractivity (Wildman–Crippen MR) is 115 cm³/mol.